The summed E-state index contributed by atoms with van der Waals surface area (Å²) < 4.78 is 5.10. The van der Waals surface area contributed by atoms with Crippen LogP contribution in [0.25, 0.3) is 0 Å². The van der Waals surface area contributed by atoms with Gasteiger partial charge >= 0.3 is 5.97 Å². The van der Waals surface area contributed by atoms with Crippen LogP contribution in [0, 0.1) is 0 Å². The van der Waals surface area contributed by atoms with Crippen molar-refractivity contribution in [1.29, 1.82) is 0 Å². The summed E-state index contributed by atoms with van der Waals surface area (Å²) in [4.78, 5) is 20.5. The lowest BCUT2D eigenvalue weighted by atomic mass is 10.3. The first-order valence-electron chi connectivity index (χ1n) is 5.71. The summed E-state index contributed by atoms with van der Waals surface area (Å²) in [5.41, 5.74) is 0. The second-order valence-electron chi connectivity index (χ2n) is 4.64. The second kappa shape index (κ2) is 10.5. The van der Waals surface area contributed by atoms with Crippen LogP contribution in [0.5, 0.6) is 0 Å². The third-order valence-corrected chi connectivity index (χ3v) is 1.74. The van der Waals surface area contributed by atoms with Gasteiger partial charge in [-0.1, -0.05) is 13.2 Å². The molecule has 1 amide bonds. The standard InChI is InChI=1S/C9H18N2O.C4H6O2/c1-5-9(12)10-7-6-8-11(2,3)4;1-3-6-4(2)5/h5H,1,6-8H2,2-4H3;3H,1H2,2H3/p+1. The molecule has 104 valence electrons. The van der Waals surface area contributed by atoms with Gasteiger partial charge in [0.25, 0.3) is 0 Å². The Morgan fingerprint density at radius 1 is 1.28 bits per heavy atom. The van der Waals surface area contributed by atoms with Gasteiger partial charge in [0.05, 0.1) is 33.9 Å². The Morgan fingerprint density at radius 2 is 1.83 bits per heavy atom. The lowest BCUT2D eigenvalue weighted by Crippen LogP contribution is -2.37. The molecule has 0 spiro atoms. The van der Waals surface area contributed by atoms with Crippen LogP contribution < -0.4 is 5.32 Å². The maximum atomic E-state index is 10.7. The molecule has 0 unspecified atom stereocenters. The zero-order valence-electron chi connectivity index (χ0n) is 11.9. The van der Waals surface area contributed by atoms with E-state index in [0.717, 1.165) is 30.3 Å². The highest BCUT2D eigenvalue weighted by Gasteiger charge is 2.05. The first-order valence-corrected chi connectivity index (χ1v) is 5.71. The van der Waals surface area contributed by atoms with Gasteiger partial charge in [0.1, 0.15) is 0 Å². The predicted molar refractivity (Wildman–Crippen MR) is 72.7 cm³/mol. The van der Waals surface area contributed by atoms with Crippen LogP contribution in [-0.4, -0.2) is 50.6 Å². The van der Waals surface area contributed by atoms with Gasteiger partial charge in [0.15, 0.2) is 0 Å². The Balaban J connectivity index is 0. The smallest absolute Gasteiger partial charge is 0.307 e. The summed E-state index contributed by atoms with van der Waals surface area (Å²) in [6.45, 7) is 9.65. The number of ether oxygens (including phenoxy) is 1. The molecule has 5 nitrogen and oxygen atoms in total. The minimum atomic E-state index is -0.329. The number of nitrogens with zero attached hydrogens (tertiary/aromatic N) is 1. The Kier molecular flexibility index (Phi) is 11.0. The third kappa shape index (κ3) is 19.9. The molecule has 0 aromatic heterocycles. The topological polar surface area (TPSA) is 55.4 Å². The number of esters is 1. The normalized spacial score (nSPS) is 9.56. The zero-order chi connectivity index (χ0) is 14.6. The third-order valence-electron chi connectivity index (χ3n) is 1.74. The molecule has 0 fully saturated rings. The van der Waals surface area contributed by atoms with Crippen LogP contribution in [0.2, 0.25) is 0 Å². The zero-order valence-corrected chi connectivity index (χ0v) is 11.9. The van der Waals surface area contributed by atoms with Gasteiger partial charge in [-0.05, 0) is 6.08 Å². The van der Waals surface area contributed by atoms with Crippen molar-refractivity contribution in [2.75, 3.05) is 34.2 Å². The van der Waals surface area contributed by atoms with Crippen molar-refractivity contribution in [2.24, 2.45) is 0 Å². The molecular weight excluding hydrogens is 232 g/mol. The summed E-state index contributed by atoms with van der Waals surface area (Å²) in [5.74, 6) is -0.415. The quantitative estimate of drug-likeness (QED) is 0.255. The summed E-state index contributed by atoms with van der Waals surface area (Å²) in [6.07, 6.45) is 3.40. The largest absolute Gasteiger partial charge is 0.435 e. The maximum absolute atomic E-state index is 10.7. The van der Waals surface area contributed by atoms with E-state index in [0.29, 0.717) is 0 Å². The van der Waals surface area contributed by atoms with E-state index in [1.807, 2.05) is 0 Å². The number of nitrogens with one attached hydrogen (secondary N) is 1. The molecule has 0 heterocycles. The van der Waals surface area contributed by atoms with E-state index in [-0.39, 0.29) is 11.9 Å². The van der Waals surface area contributed by atoms with E-state index < -0.39 is 0 Å². The molecule has 0 aliphatic rings. The van der Waals surface area contributed by atoms with E-state index >= 15 is 0 Å². The van der Waals surface area contributed by atoms with Crippen molar-refractivity contribution < 1.29 is 18.8 Å². The lowest BCUT2D eigenvalue weighted by molar-refractivity contribution is -0.870. The molecule has 18 heavy (non-hydrogen) atoms. The van der Waals surface area contributed by atoms with Crippen LogP contribution in [0.4, 0.5) is 0 Å². The second-order valence-corrected chi connectivity index (χ2v) is 4.64. The highest BCUT2D eigenvalue weighted by atomic mass is 16.5. The molecule has 0 aromatic rings. The van der Waals surface area contributed by atoms with Gasteiger partial charge in [0, 0.05) is 19.9 Å². The van der Waals surface area contributed by atoms with E-state index in [1.54, 1.807) is 0 Å². The fourth-order valence-electron chi connectivity index (χ4n) is 0.955. The summed E-state index contributed by atoms with van der Waals surface area (Å²) in [7, 11) is 6.40. The fraction of sp³-hybridized carbons (Fsp3) is 0.538. The lowest BCUT2D eigenvalue weighted by Gasteiger charge is -2.23. The molecule has 0 atom stereocenters. The number of carbonyl (C=O) groups excluding carboxylic acids is 2. The van der Waals surface area contributed by atoms with Crippen molar-refractivity contribution in [1.82, 2.24) is 5.32 Å². The Bertz CT molecular complexity index is 280. The molecule has 0 aromatic carbocycles. The average Bonchev–Trinajstić information content (AvgIpc) is 2.23. The fourth-order valence-corrected chi connectivity index (χ4v) is 0.955. The molecule has 0 radical (unpaired) electrons. The first kappa shape index (κ1) is 18.7. The van der Waals surface area contributed by atoms with Gasteiger partial charge in [-0.25, -0.2) is 0 Å². The molecule has 0 saturated heterocycles. The van der Waals surface area contributed by atoms with Crippen molar-refractivity contribution in [3.63, 3.8) is 0 Å². The highest BCUT2D eigenvalue weighted by molar-refractivity contribution is 5.86. The summed E-state index contributed by atoms with van der Waals surface area (Å²) in [5, 5.41) is 2.74. The number of rotatable bonds is 6. The minimum Gasteiger partial charge on any atom is -0.435 e. The number of hydrogen-bond acceptors (Lipinski definition) is 3. The first-order chi connectivity index (χ1) is 8.22. The SMILES string of the molecule is C=CC(=O)NCCC[N+](C)(C)C.C=COC(C)=O. The molecule has 0 bridgehead atoms. The number of amides is 1. The monoisotopic (exact) mass is 257 g/mol. The van der Waals surface area contributed by atoms with E-state index in [2.05, 4.69) is 44.4 Å². The van der Waals surface area contributed by atoms with Gasteiger partial charge in [-0.2, -0.15) is 0 Å². The van der Waals surface area contributed by atoms with Crippen LogP contribution >= 0.6 is 0 Å². The van der Waals surface area contributed by atoms with Gasteiger partial charge in [-0.15, -0.1) is 0 Å². The van der Waals surface area contributed by atoms with Gasteiger partial charge in [-0.3, -0.25) is 9.59 Å². The molecular formula is C13H25N2O3+. The van der Waals surface area contributed by atoms with Gasteiger partial charge < -0.3 is 14.5 Å². The molecule has 0 aliphatic heterocycles. The number of quaternary nitrogens is 1. The van der Waals surface area contributed by atoms with Crippen molar-refractivity contribution >= 4 is 11.9 Å². The van der Waals surface area contributed by atoms with E-state index in [1.165, 1.54) is 13.0 Å². The maximum Gasteiger partial charge on any atom is 0.307 e. The van der Waals surface area contributed by atoms with Crippen molar-refractivity contribution in [3.05, 3.63) is 25.5 Å². The van der Waals surface area contributed by atoms with E-state index in [4.69, 9.17) is 0 Å². The van der Waals surface area contributed by atoms with Crippen molar-refractivity contribution in [2.45, 2.75) is 13.3 Å². The average molecular weight is 257 g/mol. The van der Waals surface area contributed by atoms with Crippen LogP contribution in [0.3, 0.4) is 0 Å². The Hall–Kier alpha value is -1.62. The van der Waals surface area contributed by atoms with Crippen molar-refractivity contribution in [3.8, 4) is 0 Å². The Morgan fingerprint density at radius 3 is 2.11 bits per heavy atom. The van der Waals surface area contributed by atoms with Crippen LogP contribution in [-0.2, 0) is 14.3 Å². The molecule has 0 rings (SSSR count). The van der Waals surface area contributed by atoms with Crippen LogP contribution in [0.15, 0.2) is 25.5 Å². The number of carbonyl (C=O) groups is 2. The predicted octanol–water partition coefficient (Wildman–Crippen LogP) is 1.08. The summed E-state index contributed by atoms with van der Waals surface area (Å²) >= 11 is 0. The highest BCUT2D eigenvalue weighted by Crippen LogP contribution is 1.91. The molecule has 1 N–H and O–H groups in total. The number of hydrogen-bond donors (Lipinski definition) is 1. The minimum absolute atomic E-state index is 0.0867. The Labute approximate surface area is 110 Å². The van der Waals surface area contributed by atoms with E-state index in [9.17, 15) is 9.59 Å². The molecule has 5 heteroatoms. The van der Waals surface area contributed by atoms with Gasteiger partial charge in [0.2, 0.25) is 5.91 Å². The molecule has 0 aliphatic carbocycles. The molecule has 0 saturated carbocycles. The summed E-state index contributed by atoms with van der Waals surface area (Å²) in [6, 6.07) is 0. The van der Waals surface area contributed by atoms with Crippen LogP contribution in [0.1, 0.15) is 13.3 Å².